The van der Waals surface area contributed by atoms with Crippen LogP contribution >= 0.6 is 11.8 Å². The molecule has 1 heterocycles. The van der Waals surface area contributed by atoms with Gasteiger partial charge in [-0.1, -0.05) is 0 Å². The van der Waals surface area contributed by atoms with Gasteiger partial charge in [-0.05, 0) is 24.5 Å². The van der Waals surface area contributed by atoms with Gasteiger partial charge in [-0.3, -0.25) is 9.89 Å². The molecule has 1 rings (SSSR count). The smallest absolute Gasteiger partial charge is 0.321 e. The molecule has 96 valence electrons. The summed E-state index contributed by atoms with van der Waals surface area (Å²) in [6.45, 7) is 0. The van der Waals surface area contributed by atoms with Crippen LogP contribution in [0.2, 0.25) is 0 Å². The minimum absolute atomic E-state index is 0.145. The van der Waals surface area contributed by atoms with Crippen LogP contribution in [0, 0.1) is 0 Å². The van der Waals surface area contributed by atoms with E-state index < -0.39 is 22.0 Å². The molecule has 0 bridgehead atoms. The van der Waals surface area contributed by atoms with Crippen molar-refractivity contribution < 1.29 is 18.3 Å². The Kier molecular flexibility index (Phi) is 4.97. The molecule has 0 unspecified atom stereocenters. The number of H-pyrrole nitrogens is 1. The van der Waals surface area contributed by atoms with E-state index in [4.69, 9.17) is 5.11 Å². The molecule has 3 N–H and O–H groups in total. The lowest BCUT2D eigenvalue weighted by Gasteiger charge is -2.13. The molecule has 0 saturated carbocycles. The summed E-state index contributed by atoms with van der Waals surface area (Å²) in [5.74, 6) is -0.634. The van der Waals surface area contributed by atoms with E-state index in [0.717, 1.165) is 0 Å². The predicted molar refractivity (Wildman–Crippen MR) is 63.3 cm³/mol. The summed E-state index contributed by atoms with van der Waals surface area (Å²) < 4.78 is 25.6. The third kappa shape index (κ3) is 4.02. The molecule has 17 heavy (non-hydrogen) atoms. The molecule has 0 aliphatic heterocycles. The number of aliphatic carboxylic acids is 1. The van der Waals surface area contributed by atoms with Crippen molar-refractivity contribution in [3.63, 3.8) is 0 Å². The fourth-order valence-electron chi connectivity index (χ4n) is 1.11. The molecule has 0 fully saturated rings. The first-order chi connectivity index (χ1) is 7.97. The van der Waals surface area contributed by atoms with Crippen LogP contribution in [0.15, 0.2) is 17.3 Å². The normalized spacial score (nSPS) is 13.5. The third-order valence-electron chi connectivity index (χ3n) is 1.97. The average Bonchev–Trinajstić information content (AvgIpc) is 2.77. The number of carboxylic acid groups (broad SMARTS) is 1. The summed E-state index contributed by atoms with van der Waals surface area (Å²) in [5.41, 5.74) is 0. The number of aromatic amines is 1. The van der Waals surface area contributed by atoms with Crippen molar-refractivity contribution >= 4 is 27.8 Å². The molecule has 0 amide bonds. The highest BCUT2D eigenvalue weighted by Crippen LogP contribution is 2.07. The highest BCUT2D eigenvalue weighted by Gasteiger charge is 2.25. The molecule has 7 nitrogen and oxygen atoms in total. The van der Waals surface area contributed by atoms with Gasteiger partial charge in [0.15, 0.2) is 5.03 Å². The van der Waals surface area contributed by atoms with Crippen LogP contribution < -0.4 is 4.72 Å². The first-order valence-electron chi connectivity index (χ1n) is 4.71. The van der Waals surface area contributed by atoms with Crippen molar-refractivity contribution in [2.24, 2.45) is 0 Å². The predicted octanol–water partition coefficient (Wildman–Crippen LogP) is -0.106. The number of aromatic nitrogens is 2. The van der Waals surface area contributed by atoms with E-state index in [1.165, 1.54) is 24.0 Å². The standard InChI is InChI=1S/C8H13N3O4S2/c1-16-5-3-6(8(12)13)11-17(14,15)7-2-4-9-10-7/h2,4,6,11H,3,5H2,1H3,(H,9,10)(H,12,13)/t6-/m1/s1. The van der Waals surface area contributed by atoms with Gasteiger partial charge in [0, 0.05) is 0 Å². The largest absolute Gasteiger partial charge is 0.480 e. The van der Waals surface area contributed by atoms with Gasteiger partial charge in [-0.15, -0.1) is 0 Å². The van der Waals surface area contributed by atoms with Gasteiger partial charge in [0.2, 0.25) is 0 Å². The average molecular weight is 279 g/mol. The van der Waals surface area contributed by atoms with Crippen molar-refractivity contribution in [2.45, 2.75) is 17.5 Å². The fourth-order valence-corrected chi connectivity index (χ4v) is 2.72. The molecular formula is C8H13N3O4S2. The Morgan fingerprint density at radius 3 is 2.88 bits per heavy atom. The highest BCUT2D eigenvalue weighted by molar-refractivity contribution is 7.98. The van der Waals surface area contributed by atoms with E-state index in [1.54, 1.807) is 0 Å². The Morgan fingerprint density at radius 1 is 1.71 bits per heavy atom. The van der Waals surface area contributed by atoms with Crippen LogP contribution in [-0.4, -0.2) is 47.7 Å². The lowest BCUT2D eigenvalue weighted by Crippen LogP contribution is -2.41. The van der Waals surface area contributed by atoms with Crippen LogP contribution in [0.1, 0.15) is 6.42 Å². The molecule has 0 saturated heterocycles. The van der Waals surface area contributed by atoms with Crippen molar-refractivity contribution in [1.29, 1.82) is 0 Å². The second-order valence-corrected chi connectivity index (χ2v) is 5.88. The van der Waals surface area contributed by atoms with E-state index in [-0.39, 0.29) is 11.4 Å². The lowest BCUT2D eigenvalue weighted by molar-refractivity contribution is -0.139. The molecule has 1 aromatic rings. The quantitative estimate of drug-likeness (QED) is 0.642. The maximum Gasteiger partial charge on any atom is 0.321 e. The van der Waals surface area contributed by atoms with Crippen molar-refractivity contribution in [3.05, 3.63) is 12.3 Å². The Balaban J connectivity index is 2.76. The van der Waals surface area contributed by atoms with Gasteiger partial charge in [-0.2, -0.15) is 21.6 Å². The molecule has 9 heteroatoms. The van der Waals surface area contributed by atoms with Crippen LogP contribution in [-0.2, 0) is 14.8 Å². The molecule has 0 aromatic carbocycles. The van der Waals surface area contributed by atoms with E-state index in [9.17, 15) is 13.2 Å². The molecule has 0 aliphatic rings. The SMILES string of the molecule is CSCC[C@@H](NS(=O)(=O)c1ccn[nH]1)C(=O)O. The number of carbonyl (C=O) groups is 1. The number of hydrogen-bond donors (Lipinski definition) is 3. The number of thioether (sulfide) groups is 1. The van der Waals surface area contributed by atoms with Crippen molar-refractivity contribution in [1.82, 2.24) is 14.9 Å². The third-order valence-corrected chi connectivity index (χ3v) is 4.02. The van der Waals surface area contributed by atoms with Crippen LogP contribution in [0.25, 0.3) is 0 Å². The number of nitrogens with zero attached hydrogens (tertiary/aromatic N) is 1. The number of carboxylic acids is 1. The minimum Gasteiger partial charge on any atom is -0.480 e. The Hall–Kier alpha value is -1.06. The summed E-state index contributed by atoms with van der Waals surface area (Å²) in [7, 11) is -3.85. The van der Waals surface area contributed by atoms with Crippen molar-refractivity contribution in [3.8, 4) is 0 Å². The van der Waals surface area contributed by atoms with E-state index in [1.807, 2.05) is 6.26 Å². The number of rotatable bonds is 7. The number of sulfonamides is 1. The topological polar surface area (TPSA) is 112 Å². The van der Waals surface area contributed by atoms with Gasteiger partial charge < -0.3 is 5.11 Å². The molecule has 0 radical (unpaired) electrons. The monoisotopic (exact) mass is 279 g/mol. The van der Waals surface area contributed by atoms with Gasteiger partial charge in [0.1, 0.15) is 6.04 Å². The lowest BCUT2D eigenvalue weighted by atomic mass is 10.2. The van der Waals surface area contributed by atoms with E-state index >= 15 is 0 Å². The molecular weight excluding hydrogens is 266 g/mol. The Labute approximate surface area is 103 Å². The molecule has 0 spiro atoms. The molecule has 1 atom stereocenters. The fraction of sp³-hybridized carbons (Fsp3) is 0.500. The van der Waals surface area contributed by atoms with Crippen LogP contribution in [0.3, 0.4) is 0 Å². The minimum atomic E-state index is -3.85. The van der Waals surface area contributed by atoms with Crippen LogP contribution in [0.4, 0.5) is 0 Å². The van der Waals surface area contributed by atoms with Gasteiger partial charge >= 0.3 is 5.97 Å². The van der Waals surface area contributed by atoms with Gasteiger partial charge in [0.05, 0.1) is 6.20 Å². The molecule has 1 aromatic heterocycles. The van der Waals surface area contributed by atoms with Gasteiger partial charge in [0.25, 0.3) is 10.0 Å². The van der Waals surface area contributed by atoms with Gasteiger partial charge in [-0.25, -0.2) is 8.42 Å². The Bertz CT molecular complexity index is 457. The zero-order valence-corrected chi connectivity index (χ0v) is 10.7. The first kappa shape index (κ1) is 14.0. The summed E-state index contributed by atoms with van der Waals surface area (Å²) in [6.07, 6.45) is 3.33. The summed E-state index contributed by atoms with van der Waals surface area (Å²) in [5, 5.41) is 14.5. The number of hydrogen-bond acceptors (Lipinski definition) is 5. The zero-order chi connectivity index (χ0) is 12.9. The Morgan fingerprint density at radius 2 is 2.41 bits per heavy atom. The number of nitrogens with one attached hydrogen (secondary N) is 2. The zero-order valence-electron chi connectivity index (χ0n) is 9.08. The maximum absolute atomic E-state index is 11.7. The summed E-state index contributed by atoms with van der Waals surface area (Å²) >= 11 is 1.45. The van der Waals surface area contributed by atoms with Crippen LogP contribution in [0.5, 0.6) is 0 Å². The second-order valence-electron chi connectivity index (χ2n) is 3.21. The van der Waals surface area contributed by atoms with E-state index in [2.05, 4.69) is 14.9 Å². The molecule has 0 aliphatic carbocycles. The summed E-state index contributed by atoms with van der Waals surface area (Å²) in [4.78, 5) is 10.9. The summed E-state index contributed by atoms with van der Waals surface area (Å²) in [6, 6.07) is 0.131. The maximum atomic E-state index is 11.7. The first-order valence-corrected chi connectivity index (χ1v) is 7.58. The second kappa shape index (κ2) is 6.03. The van der Waals surface area contributed by atoms with E-state index in [0.29, 0.717) is 5.75 Å². The highest BCUT2D eigenvalue weighted by atomic mass is 32.2. The van der Waals surface area contributed by atoms with Crippen molar-refractivity contribution in [2.75, 3.05) is 12.0 Å².